The number of amides is 1. The summed E-state index contributed by atoms with van der Waals surface area (Å²) in [6.07, 6.45) is 0. The number of fused-ring (bicyclic) bond motifs is 1. The van der Waals surface area contributed by atoms with Crippen molar-refractivity contribution in [1.82, 2.24) is 9.55 Å². The maximum atomic E-state index is 13.1. The number of anilines is 1. The highest BCUT2D eigenvalue weighted by Gasteiger charge is 2.20. The number of non-ortho nitro benzene ring substituents is 1. The molecule has 0 bridgehead atoms. The van der Waals surface area contributed by atoms with Gasteiger partial charge in [-0.25, -0.2) is 4.98 Å². The van der Waals surface area contributed by atoms with Gasteiger partial charge in [0, 0.05) is 22.9 Å². The molecule has 1 amide bonds. The average molecular weight is 414 g/mol. The number of nitrogens with one attached hydrogen (secondary N) is 1. The van der Waals surface area contributed by atoms with E-state index in [4.69, 9.17) is 0 Å². The second kappa shape index (κ2) is 7.75. The van der Waals surface area contributed by atoms with Gasteiger partial charge in [-0.15, -0.1) is 11.3 Å². The lowest BCUT2D eigenvalue weighted by Crippen LogP contribution is -2.31. The zero-order chi connectivity index (χ0) is 21.5. The molecule has 0 aliphatic carbocycles. The van der Waals surface area contributed by atoms with Crippen LogP contribution in [-0.4, -0.2) is 20.4 Å². The van der Waals surface area contributed by atoms with Crippen molar-refractivity contribution >= 4 is 38.8 Å². The molecule has 0 unspecified atom stereocenters. The standard InChI is InChI=1S/C20H22N4O4S/c1-10(2)18-22-19-17(12(4)13(5)29-19)20(26)23(18)9-16(25)21-15-8-14(24(27)28)7-6-11(15)3/h6-8,10H,9H2,1-5H3,(H,21,25). The Balaban J connectivity index is 2.00. The largest absolute Gasteiger partial charge is 0.324 e. The Bertz CT molecular complexity index is 1190. The highest BCUT2D eigenvalue weighted by atomic mass is 32.1. The average Bonchev–Trinajstić information content (AvgIpc) is 2.93. The van der Waals surface area contributed by atoms with E-state index >= 15 is 0 Å². The highest BCUT2D eigenvalue weighted by Crippen LogP contribution is 2.28. The third kappa shape index (κ3) is 3.91. The molecule has 0 saturated heterocycles. The third-order valence-electron chi connectivity index (χ3n) is 4.84. The van der Waals surface area contributed by atoms with Crippen molar-refractivity contribution in [1.29, 1.82) is 0 Å². The summed E-state index contributed by atoms with van der Waals surface area (Å²) in [6, 6.07) is 4.27. The zero-order valence-electron chi connectivity index (χ0n) is 16.9. The van der Waals surface area contributed by atoms with Gasteiger partial charge in [0.2, 0.25) is 5.91 Å². The molecule has 152 valence electrons. The van der Waals surface area contributed by atoms with Crippen molar-refractivity contribution in [2.75, 3.05) is 5.32 Å². The molecule has 0 aliphatic heterocycles. The number of aryl methyl sites for hydroxylation is 3. The molecule has 1 N–H and O–H groups in total. The molecule has 1 aromatic carbocycles. The molecule has 0 spiro atoms. The SMILES string of the molecule is Cc1ccc([N+](=O)[O-])cc1NC(=O)Cn1c(C(C)C)nc2sc(C)c(C)c2c1=O. The molecule has 2 aromatic heterocycles. The van der Waals surface area contributed by atoms with E-state index in [0.29, 0.717) is 27.3 Å². The van der Waals surface area contributed by atoms with Gasteiger partial charge in [0.15, 0.2) is 0 Å². The van der Waals surface area contributed by atoms with Gasteiger partial charge in [0.25, 0.3) is 11.2 Å². The molecule has 0 radical (unpaired) electrons. The van der Waals surface area contributed by atoms with Crippen LogP contribution in [0, 0.1) is 30.9 Å². The fourth-order valence-corrected chi connectivity index (χ4v) is 4.15. The third-order valence-corrected chi connectivity index (χ3v) is 5.94. The first-order valence-electron chi connectivity index (χ1n) is 9.15. The lowest BCUT2D eigenvalue weighted by molar-refractivity contribution is -0.384. The molecule has 9 heteroatoms. The van der Waals surface area contributed by atoms with Gasteiger partial charge >= 0.3 is 0 Å². The van der Waals surface area contributed by atoms with Crippen molar-refractivity contribution in [3.63, 3.8) is 0 Å². The van der Waals surface area contributed by atoms with E-state index in [2.05, 4.69) is 10.3 Å². The van der Waals surface area contributed by atoms with Crippen molar-refractivity contribution in [2.24, 2.45) is 0 Å². The number of thiophene rings is 1. The molecule has 3 aromatic rings. The van der Waals surface area contributed by atoms with E-state index in [1.807, 2.05) is 27.7 Å². The number of aromatic nitrogens is 2. The minimum Gasteiger partial charge on any atom is -0.324 e. The molecular weight excluding hydrogens is 392 g/mol. The number of benzene rings is 1. The Morgan fingerprint density at radius 2 is 2.00 bits per heavy atom. The molecule has 0 aliphatic rings. The van der Waals surface area contributed by atoms with Crippen LogP contribution in [-0.2, 0) is 11.3 Å². The molecule has 8 nitrogen and oxygen atoms in total. The van der Waals surface area contributed by atoms with Crippen LogP contribution < -0.4 is 10.9 Å². The van der Waals surface area contributed by atoms with Gasteiger partial charge in [-0.2, -0.15) is 0 Å². The topological polar surface area (TPSA) is 107 Å². The van der Waals surface area contributed by atoms with Crippen LogP contribution in [0.15, 0.2) is 23.0 Å². The molecule has 29 heavy (non-hydrogen) atoms. The summed E-state index contributed by atoms with van der Waals surface area (Å²) in [5, 5.41) is 14.2. The van der Waals surface area contributed by atoms with E-state index < -0.39 is 10.8 Å². The minimum absolute atomic E-state index is 0.0536. The van der Waals surface area contributed by atoms with Crippen LogP contribution in [0.4, 0.5) is 11.4 Å². The summed E-state index contributed by atoms with van der Waals surface area (Å²) in [5.74, 6) is 0.0418. The number of nitrogens with zero attached hydrogens (tertiary/aromatic N) is 3. The van der Waals surface area contributed by atoms with Crippen molar-refractivity contribution in [2.45, 2.75) is 47.1 Å². The first-order valence-corrected chi connectivity index (χ1v) is 9.97. The molecule has 0 fully saturated rings. The number of hydrogen-bond acceptors (Lipinski definition) is 6. The summed E-state index contributed by atoms with van der Waals surface area (Å²) in [7, 11) is 0. The van der Waals surface area contributed by atoms with Crippen LogP contribution in [0.25, 0.3) is 10.2 Å². The van der Waals surface area contributed by atoms with E-state index in [9.17, 15) is 19.7 Å². The molecule has 3 rings (SSSR count). The summed E-state index contributed by atoms with van der Waals surface area (Å²) in [4.78, 5) is 42.7. The van der Waals surface area contributed by atoms with Crippen LogP contribution in [0.3, 0.4) is 0 Å². The number of carbonyl (C=O) groups is 1. The fraction of sp³-hybridized carbons (Fsp3) is 0.350. The van der Waals surface area contributed by atoms with Crippen LogP contribution in [0.2, 0.25) is 0 Å². The van der Waals surface area contributed by atoms with Crippen molar-refractivity contribution in [3.05, 3.63) is 60.5 Å². The molecule has 0 atom stereocenters. The van der Waals surface area contributed by atoms with Gasteiger partial charge in [-0.05, 0) is 31.9 Å². The first kappa shape index (κ1) is 20.7. The first-order chi connectivity index (χ1) is 13.6. The Hall–Kier alpha value is -3.07. The summed E-state index contributed by atoms with van der Waals surface area (Å²) >= 11 is 1.47. The number of carbonyl (C=O) groups excluding carboxylic acids is 1. The van der Waals surface area contributed by atoms with Crippen LogP contribution >= 0.6 is 11.3 Å². The van der Waals surface area contributed by atoms with Crippen molar-refractivity contribution < 1.29 is 9.72 Å². The van der Waals surface area contributed by atoms with Crippen LogP contribution in [0.1, 0.15) is 41.6 Å². The van der Waals surface area contributed by atoms with E-state index in [0.717, 1.165) is 10.4 Å². The van der Waals surface area contributed by atoms with E-state index in [1.165, 1.54) is 28.0 Å². The Morgan fingerprint density at radius 1 is 1.31 bits per heavy atom. The van der Waals surface area contributed by atoms with Crippen LogP contribution in [0.5, 0.6) is 0 Å². The van der Waals surface area contributed by atoms with E-state index in [1.54, 1.807) is 13.0 Å². The van der Waals surface area contributed by atoms with Gasteiger partial charge in [0.05, 0.1) is 16.0 Å². The molecular formula is C20H22N4O4S. The molecule has 0 saturated carbocycles. The van der Waals surface area contributed by atoms with Crippen molar-refractivity contribution in [3.8, 4) is 0 Å². The number of hydrogen-bond donors (Lipinski definition) is 1. The normalized spacial score (nSPS) is 11.2. The highest BCUT2D eigenvalue weighted by molar-refractivity contribution is 7.18. The smallest absolute Gasteiger partial charge is 0.271 e. The maximum Gasteiger partial charge on any atom is 0.271 e. The second-order valence-corrected chi connectivity index (χ2v) is 8.49. The lowest BCUT2D eigenvalue weighted by Gasteiger charge is -2.15. The predicted octanol–water partition coefficient (Wildman–Crippen LogP) is 4.05. The number of nitro groups is 1. The van der Waals surface area contributed by atoms with E-state index in [-0.39, 0.29) is 23.7 Å². The fourth-order valence-electron chi connectivity index (χ4n) is 3.13. The maximum absolute atomic E-state index is 13.1. The van der Waals surface area contributed by atoms with Gasteiger partial charge in [-0.3, -0.25) is 24.3 Å². The summed E-state index contributed by atoms with van der Waals surface area (Å²) < 4.78 is 1.40. The predicted molar refractivity (Wildman–Crippen MR) is 114 cm³/mol. The lowest BCUT2D eigenvalue weighted by atomic mass is 10.1. The zero-order valence-corrected chi connectivity index (χ0v) is 17.7. The Kier molecular flexibility index (Phi) is 5.52. The molecule has 2 heterocycles. The minimum atomic E-state index is -0.518. The summed E-state index contributed by atoms with van der Waals surface area (Å²) in [5.41, 5.74) is 1.56. The van der Waals surface area contributed by atoms with Gasteiger partial charge in [0.1, 0.15) is 17.2 Å². The summed E-state index contributed by atoms with van der Waals surface area (Å²) in [6.45, 7) is 9.18. The Labute approximate surface area is 171 Å². The Morgan fingerprint density at radius 3 is 2.62 bits per heavy atom. The monoisotopic (exact) mass is 414 g/mol. The number of rotatable bonds is 5. The second-order valence-electron chi connectivity index (χ2n) is 7.28. The quantitative estimate of drug-likeness (QED) is 0.500. The van der Waals surface area contributed by atoms with Gasteiger partial charge in [-0.1, -0.05) is 19.9 Å². The van der Waals surface area contributed by atoms with Gasteiger partial charge < -0.3 is 5.32 Å². The number of nitro benzene ring substituents is 1.